The first kappa shape index (κ1) is 20.2. The smallest absolute Gasteiger partial charge is 0.220 e. The van der Waals surface area contributed by atoms with Gasteiger partial charge < -0.3 is 15.5 Å². The van der Waals surface area contributed by atoms with Crippen molar-refractivity contribution in [1.82, 2.24) is 15.5 Å². The maximum atomic E-state index is 13.2. The third-order valence-electron chi connectivity index (χ3n) is 5.19. The second-order valence-corrected chi connectivity index (χ2v) is 7.60. The van der Waals surface area contributed by atoms with Gasteiger partial charge in [-0.15, -0.1) is 0 Å². The number of halogens is 1. The maximum Gasteiger partial charge on any atom is 0.220 e. The minimum absolute atomic E-state index is 0.118. The van der Waals surface area contributed by atoms with Crippen LogP contribution in [0.4, 0.5) is 4.39 Å². The molecule has 0 spiro atoms. The predicted octanol–water partition coefficient (Wildman–Crippen LogP) is 2.53. The molecule has 1 saturated heterocycles. The number of piperidine rings is 1. The molecule has 5 nitrogen and oxygen atoms in total. The summed E-state index contributed by atoms with van der Waals surface area (Å²) in [5.74, 6) is 1.23. The van der Waals surface area contributed by atoms with Crippen molar-refractivity contribution < 1.29 is 9.18 Å². The lowest BCUT2D eigenvalue weighted by Gasteiger charge is -2.35. The zero-order valence-corrected chi connectivity index (χ0v) is 16.3. The van der Waals surface area contributed by atoms with E-state index in [9.17, 15) is 9.18 Å². The Morgan fingerprint density at radius 1 is 1.27 bits per heavy atom. The molecule has 1 heterocycles. The summed E-state index contributed by atoms with van der Waals surface area (Å²) in [7, 11) is 3.48. The Labute approximate surface area is 156 Å². The van der Waals surface area contributed by atoms with Crippen molar-refractivity contribution >= 4 is 11.9 Å². The van der Waals surface area contributed by atoms with E-state index in [1.54, 1.807) is 14.1 Å². The predicted molar refractivity (Wildman–Crippen MR) is 104 cm³/mol. The molecule has 0 radical (unpaired) electrons. The van der Waals surface area contributed by atoms with E-state index in [-0.39, 0.29) is 17.1 Å². The topological polar surface area (TPSA) is 56.7 Å². The van der Waals surface area contributed by atoms with Crippen molar-refractivity contribution in [3.05, 3.63) is 35.6 Å². The Morgan fingerprint density at radius 3 is 2.42 bits per heavy atom. The van der Waals surface area contributed by atoms with E-state index in [1.807, 2.05) is 12.1 Å². The number of guanidine groups is 1. The molecule has 0 bridgehead atoms. The molecule has 1 amide bonds. The van der Waals surface area contributed by atoms with Gasteiger partial charge in [0.05, 0.1) is 0 Å². The number of carbonyl (C=O) groups excluding carboxylic acids is 1. The molecule has 0 aromatic heterocycles. The second-order valence-electron chi connectivity index (χ2n) is 7.60. The van der Waals surface area contributed by atoms with Crippen LogP contribution in [0.15, 0.2) is 29.3 Å². The van der Waals surface area contributed by atoms with Crippen LogP contribution in [0, 0.1) is 11.7 Å². The molecule has 0 saturated carbocycles. The van der Waals surface area contributed by atoms with Gasteiger partial charge in [-0.2, -0.15) is 0 Å². The molecular weight excluding hydrogens is 331 g/mol. The fourth-order valence-electron chi connectivity index (χ4n) is 3.35. The molecule has 1 fully saturated rings. The fourth-order valence-corrected chi connectivity index (χ4v) is 3.35. The number of nitrogens with zero attached hydrogens (tertiary/aromatic N) is 2. The van der Waals surface area contributed by atoms with Gasteiger partial charge in [0.2, 0.25) is 5.91 Å². The van der Waals surface area contributed by atoms with Gasteiger partial charge in [-0.25, -0.2) is 4.39 Å². The van der Waals surface area contributed by atoms with E-state index in [4.69, 9.17) is 0 Å². The monoisotopic (exact) mass is 362 g/mol. The molecule has 0 atom stereocenters. The van der Waals surface area contributed by atoms with Crippen LogP contribution in [0.25, 0.3) is 0 Å². The average Bonchev–Trinajstić information content (AvgIpc) is 2.63. The van der Waals surface area contributed by atoms with Crippen LogP contribution in [0.1, 0.15) is 38.7 Å². The molecule has 1 aliphatic rings. The SMILES string of the molecule is CN=C(NCC(C)(C)c1ccc(F)cc1)N1CCC(CC(=O)NC)CC1. The zero-order chi connectivity index (χ0) is 19.2. The molecule has 1 aromatic rings. The third-order valence-corrected chi connectivity index (χ3v) is 5.19. The maximum absolute atomic E-state index is 13.2. The highest BCUT2D eigenvalue weighted by Crippen LogP contribution is 2.23. The highest BCUT2D eigenvalue weighted by Gasteiger charge is 2.25. The Morgan fingerprint density at radius 2 is 1.88 bits per heavy atom. The van der Waals surface area contributed by atoms with Crippen LogP contribution in [0.2, 0.25) is 0 Å². The zero-order valence-electron chi connectivity index (χ0n) is 16.3. The van der Waals surface area contributed by atoms with E-state index in [0.29, 0.717) is 18.9 Å². The summed E-state index contributed by atoms with van der Waals surface area (Å²) in [4.78, 5) is 18.2. The number of benzene rings is 1. The summed E-state index contributed by atoms with van der Waals surface area (Å²) in [5, 5.41) is 6.16. The second kappa shape index (κ2) is 9.01. The van der Waals surface area contributed by atoms with E-state index in [1.165, 1.54) is 12.1 Å². The van der Waals surface area contributed by atoms with Crippen LogP contribution >= 0.6 is 0 Å². The van der Waals surface area contributed by atoms with Gasteiger partial charge in [-0.05, 0) is 36.5 Å². The first-order valence-corrected chi connectivity index (χ1v) is 9.28. The first-order valence-electron chi connectivity index (χ1n) is 9.28. The highest BCUT2D eigenvalue weighted by molar-refractivity contribution is 5.80. The van der Waals surface area contributed by atoms with Crippen LogP contribution < -0.4 is 10.6 Å². The van der Waals surface area contributed by atoms with Crippen molar-refractivity contribution in [2.24, 2.45) is 10.9 Å². The normalized spacial score (nSPS) is 16.5. The fraction of sp³-hybridized carbons (Fsp3) is 0.600. The first-order chi connectivity index (χ1) is 12.4. The number of hydrogen-bond donors (Lipinski definition) is 2. The van der Waals surface area contributed by atoms with Crippen molar-refractivity contribution in [3.63, 3.8) is 0 Å². The third kappa shape index (κ3) is 5.44. The van der Waals surface area contributed by atoms with E-state index < -0.39 is 0 Å². The van der Waals surface area contributed by atoms with Gasteiger partial charge >= 0.3 is 0 Å². The van der Waals surface area contributed by atoms with E-state index in [2.05, 4.69) is 34.4 Å². The molecule has 0 aliphatic carbocycles. The van der Waals surface area contributed by atoms with Crippen molar-refractivity contribution in [1.29, 1.82) is 0 Å². The van der Waals surface area contributed by atoms with E-state index in [0.717, 1.165) is 37.5 Å². The number of carbonyl (C=O) groups is 1. The summed E-state index contributed by atoms with van der Waals surface area (Å²) in [6.45, 7) is 6.78. The standard InChI is InChI=1S/C20H31FN4O/c1-20(2,16-5-7-17(21)8-6-16)14-24-19(23-4)25-11-9-15(10-12-25)13-18(26)22-3/h5-8,15H,9-14H2,1-4H3,(H,22,26)(H,23,24). The van der Waals surface area contributed by atoms with Gasteiger partial charge in [-0.3, -0.25) is 9.79 Å². The highest BCUT2D eigenvalue weighted by atomic mass is 19.1. The summed E-state index contributed by atoms with van der Waals surface area (Å²) in [6.07, 6.45) is 2.60. The molecule has 2 N–H and O–H groups in total. The Kier molecular flexibility index (Phi) is 7.00. The lowest BCUT2D eigenvalue weighted by Crippen LogP contribution is -2.48. The van der Waals surface area contributed by atoms with Crippen molar-refractivity contribution in [2.75, 3.05) is 33.7 Å². The lowest BCUT2D eigenvalue weighted by molar-refractivity contribution is -0.121. The molecule has 1 aromatic carbocycles. The molecule has 26 heavy (non-hydrogen) atoms. The van der Waals surface area contributed by atoms with Gasteiger partial charge in [0.15, 0.2) is 5.96 Å². The molecule has 0 unspecified atom stereocenters. The number of rotatable bonds is 5. The number of likely N-dealkylation sites (tertiary alicyclic amines) is 1. The van der Waals surface area contributed by atoms with Crippen LogP contribution in [-0.4, -0.2) is 50.5 Å². The molecular formula is C20H31FN4O. The van der Waals surface area contributed by atoms with Gasteiger partial charge in [0.1, 0.15) is 5.82 Å². The minimum Gasteiger partial charge on any atom is -0.359 e. The Balaban J connectivity index is 1.88. The Hall–Kier alpha value is -2.11. The number of nitrogens with one attached hydrogen (secondary N) is 2. The Bertz CT molecular complexity index is 619. The lowest BCUT2D eigenvalue weighted by atomic mass is 9.84. The van der Waals surface area contributed by atoms with E-state index >= 15 is 0 Å². The van der Waals surface area contributed by atoms with Crippen molar-refractivity contribution in [2.45, 2.75) is 38.5 Å². The van der Waals surface area contributed by atoms with Crippen LogP contribution in [0.5, 0.6) is 0 Å². The van der Waals surface area contributed by atoms with Gasteiger partial charge in [-0.1, -0.05) is 26.0 Å². The van der Waals surface area contributed by atoms with Crippen molar-refractivity contribution in [3.8, 4) is 0 Å². The number of amides is 1. The largest absolute Gasteiger partial charge is 0.359 e. The van der Waals surface area contributed by atoms with Crippen LogP contribution in [-0.2, 0) is 10.2 Å². The summed E-state index contributed by atoms with van der Waals surface area (Å²) < 4.78 is 13.2. The van der Waals surface area contributed by atoms with Gasteiger partial charge in [0, 0.05) is 45.6 Å². The average molecular weight is 362 g/mol. The molecule has 2 rings (SSSR count). The summed E-state index contributed by atoms with van der Waals surface area (Å²) in [6, 6.07) is 6.68. The molecule has 144 valence electrons. The van der Waals surface area contributed by atoms with Gasteiger partial charge in [0.25, 0.3) is 0 Å². The number of hydrogen-bond acceptors (Lipinski definition) is 2. The molecule has 1 aliphatic heterocycles. The summed E-state index contributed by atoms with van der Waals surface area (Å²) in [5.41, 5.74) is 0.951. The number of aliphatic imine (C=N–C) groups is 1. The summed E-state index contributed by atoms with van der Waals surface area (Å²) >= 11 is 0. The quantitative estimate of drug-likeness (QED) is 0.625. The van der Waals surface area contributed by atoms with Crippen LogP contribution in [0.3, 0.4) is 0 Å². The molecule has 6 heteroatoms. The minimum atomic E-state index is -0.215.